The number of methoxy groups -OCH3 is 5. The smallest absolute Gasteiger partial charge is 0.341 e. The van der Waals surface area contributed by atoms with E-state index in [1.54, 1.807) is 18.2 Å². The molecule has 1 heterocycles. The van der Waals surface area contributed by atoms with E-state index in [4.69, 9.17) is 23.7 Å². The lowest BCUT2D eigenvalue weighted by Crippen LogP contribution is -2.19. The summed E-state index contributed by atoms with van der Waals surface area (Å²) in [4.78, 5) is 24.7. The van der Waals surface area contributed by atoms with Gasteiger partial charge in [0.2, 0.25) is 11.2 Å². The summed E-state index contributed by atoms with van der Waals surface area (Å²) >= 11 is 0. The minimum atomic E-state index is -1.36. The fourth-order valence-corrected chi connectivity index (χ4v) is 3.28. The molecular weight excluding hydrogens is 394 g/mol. The molecule has 9 heteroatoms. The second kappa shape index (κ2) is 8.24. The van der Waals surface area contributed by atoms with E-state index < -0.39 is 17.0 Å². The van der Waals surface area contributed by atoms with Crippen LogP contribution in [0.4, 0.5) is 0 Å². The number of hydrogen-bond donors (Lipinski definition) is 1. The minimum absolute atomic E-state index is 0.0965. The summed E-state index contributed by atoms with van der Waals surface area (Å²) in [6.45, 7) is 0. The van der Waals surface area contributed by atoms with Crippen LogP contribution in [-0.4, -0.2) is 51.2 Å². The first-order valence-corrected chi connectivity index (χ1v) is 8.75. The summed E-state index contributed by atoms with van der Waals surface area (Å²) in [6.07, 6.45) is 1.24. The SMILES string of the molecule is COc1ccc(-n2cc(C(=O)O)c(=O)c3cc(OC)c(OC)c(OC)c32)cc1OC. The summed E-state index contributed by atoms with van der Waals surface area (Å²) < 4.78 is 28.4. The average Bonchev–Trinajstić information content (AvgIpc) is 2.77. The van der Waals surface area contributed by atoms with Crippen LogP contribution in [0.1, 0.15) is 10.4 Å². The Labute approximate surface area is 171 Å². The number of fused-ring (bicyclic) bond motifs is 1. The number of aromatic nitrogens is 1. The monoisotopic (exact) mass is 415 g/mol. The molecule has 9 nitrogen and oxygen atoms in total. The fraction of sp³-hybridized carbons (Fsp3) is 0.238. The third-order valence-electron chi connectivity index (χ3n) is 4.67. The van der Waals surface area contributed by atoms with E-state index >= 15 is 0 Å². The molecule has 2 aromatic carbocycles. The summed E-state index contributed by atoms with van der Waals surface area (Å²) in [5.74, 6) is 0.291. The van der Waals surface area contributed by atoms with E-state index in [0.29, 0.717) is 22.7 Å². The zero-order chi connectivity index (χ0) is 22.0. The quantitative estimate of drug-likeness (QED) is 0.628. The molecule has 0 amide bonds. The molecule has 3 aromatic rings. The molecule has 0 radical (unpaired) electrons. The van der Waals surface area contributed by atoms with Crippen LogP contribution in [0.15, 0.2) is 35.3 Å². The summed E-state index contributed by atoms with van der Waals surface area (Å²) in [5, 5.41) is 9.68. The van der Waals surface area contributed by atoms with Crippen LogP contribution < -0.4 is 29.1 Å². The number of carboxylic acids is 1. The van der Waals surface area contributed by atoms with Crippen molar-refractivity contribution in [1.82, 2.24) is 4.57 Å². The van der Waals surface area contributed by atoms with Crippen molar-refractivity contribution in [1.29, 1.82) is 0 Å². The second-order valence-electron chi connectivity index (χ2n) is 6.13. The fourth-order valence-electron chi connectivity index (χ4n) is 3.28. The van der Waals surface area contributed by atoms with Crippen molar-refractivity contribution in [2.45, 2.75) is 0 Å². The Hall–Kier alpha value is -3.88. The molecule has 158 valence electrons. The van der Waals surface area contributed by atoms with E-state index in [1.165, 1.54) is 52.4 Å². The Morgan fingerprint density at radius 3 is 2.00 bits per heavy atom. The van der Waals surface area contributed by atoms with Crippen LogP contribution >= 0.6 is 0 Å². The number of benzene rings is 2. The standard InChI is InChI=1S/C21H21NO8/c1-26-14-7-6-11(8-15(14)27-2)22-10-13(21(24)25)18(23)12-9-16(28-3)19(29-4)20(30-5)17(12)22/h6-10H,1-5H3,(H,24,25). The lowest BCUT2D eigenvalue weighted by Gasteiger charge is -2.19. The first-order chi connectivity index (χ1) is 14.4. The zero-order valence-electron chi connectivity index (χ0n) is 17.1. The predicted octanol–water partition coefficient (Wildman–Crippen LogP) is 2.73. The Morgan fingerprint density at radius 1 is 0.833 bits per heavy atom. The molecule has 0 saturated carbocycles. The van der Waals surface area contributed by atoms with Gasteiger partial charge in [-0.3, -0.25) is 4.79 Å². The molecule has 0 fully saturated rings. The second-order valence-corrected chi connectivity index (χ2v) is 6.13. The lowest BCUT2D eigenvalue weighted by atomic mass is 10.1. The van der Waals surface area contributed by atoms with E-state index in [2.05, 4.69) is 0 Å². The largest absolute Gasteiger partial charge is 0.493 e. The summed E-state index contributed by atoms with van der Waals surface area (Å²) in [7, 11) is 7.27. The molecule has 0 bridgehead atoms. The highest BCUT2D eigenvalue weighted by atomic mass is 16.5. The number of nitrogens with zero attached hydrogens (tertiary/aromatic N) is 1. The van der Waals surface area contributed by atoms with Gasteiger partial charge in [-0.15, -0.1) is 0 Å². The third-order valence-corrected chi connectivity index (χ3v) is 4.67. The highest BCUT2D eigenvalue weighted by Gasteiger charge is 2.24. The average molecular weight is 415 g/mol. The molecular formula is C21H21NO8. The van der Waals surface area contributed by atoms with Crippen LogP contribution in [-0.2, 0) is 0 Å². The Balaban J connectivity index is 2.54. The van der Waals surface area contributed by atoms with Crippen molar-refractivity contribution in [2.24, 2.45) is 0 Å². The maximum absolute atomic E-state index is 12.9. The van der Waals surface area contributed by atoms with Gasteiger partial charge in [-0.05, 0) is 18.2 Å². The van der Waals surface area contributed by atoms with Crippen molar-refractivity contribution >= 4 is 16.9 Å². The first-order valence-electron chi connectivity index (χ1n) is 8.75. The highest BCUT2D eigenvalue weighted by molar-refractivity contribution is 5.97. The summed E-state index contributed by atoms with van der Waals surface area (Å²) in [6, 6.07) is 6.46. The van der Waals surface area contributed by atoms with Gasteiger partial charge >= 0.3 is 5.97 Å². The molecule has 0 atom stereocenters. The Bertz CT molecular complexity index is 1180. The predicted molar refractivity (Wildman–Crippen MR) is 109 cm³/mol. The highest BCUT2D eigenvalue weighted by Crippen LogP contribution is 2.43. The van der Waals surface area contributed by atoms with E-state index in [0.717, 1.165) is 0 Å². The van der Waals surface area contributed by atoms with Crippen molar-refractivity contribution in [2.75, 3.05) is 35.5 Å². The number of hydrogen-bond acceptors (Lipinski definition) is 7. The maximum Gasteiger partial charge on any atom is 0.341 e. The minimum Gasteiger partial charge on any atom is -0.493 e. The van der Waals surface area contributed by atoms with E-state index in [1.807, 2.05) is 0 Å². The van der Waals surface area contributed by atoms with Gasteiger partial charge in [0.15, 0.2) is 23.0 Å². The molecule has 3 rings (SSSR count). The van der Waals surface area contributed by atoms with Gasteiger partial charge in [0.05, 0.1) is 40.9 Å². The van der Waals surface area contributed by atoms with Gasteiger partial charge in [-0.2, -0.15) is 0 Å². The Kier molecular flexibility index (Phi) is 5.72. The van der Waals surface area contributed by atoms with Crippen LogP contribution in [0.25, 0.3) is 16.6 Å². The normalized spacial score (nSPS) is 10.6. The van der Waals surface area contributed by atoms with E-state index in [9.17, 15) is 14.7 Å². The molecule has 30 heavy (non-hydrogen) atoms. The van der Waals surface area contributed by atoms with Gasteiger partial charge in [0.25, 0.3) is 0 Å². The number of aromatic carboxylic acids is 1. The topological polar surface area (TPSA) is 105 Å². The molecule has 0 spiro atoms. The van der Waals surface area contributed by atoms with E-state index in [-0.39, 0.29) is 22.6 Å². The number of rotatable bonds is 7. The molecule has 1 aromatic heterocycles. The molecule has 0 aliphatic heterocycles. The van der Waals surface area contributed by atoms with Crippen LogP contribution in [0.2, 0.25) is 0 Å². The third kappa shape index (κ3) is 3.24. The molecule has 0 aliphatic rings. The zero-order valence-corrected chi connectivity index (χ0v) is 17.1. The van der Waals surface area contributed by atoms with Gasteiger partial charge in [-0.1, -0.05) is 0 Å². The number of pyridine rings is 1. The van der Waals surface area contributed by atoms with Crippen molar-refractivity contribution in [3.05, 3.63) is 46.2 Å². The van der Waals surface area contributed by atoms with Crippen molar-refractivity contribution in [3.63, 3.8) is 0 Å². The van der Waals surface area contributed by atoms with Gasteiger partial charge in [0, 0.05) is 18.0 Å². The first kappa shape index (κ1) is 20.8. The number of ether oxygens (including phenoxy) is 5. The number of carboxylic acid groups (broad SMARTS) is 1. The lowest BCUT2D eigenvalue weighted by molar-refractivity contribution is 0.0695. The number of carbonyl (C=O) groups is 1. The van der Waals surface area contributed by atoms with Gasteiger partial charge in [-0.25, -0.2) is 4.79 Å². The maximum atomic E-state index is 12.9. The molecule has 0 aliphatic carbocycles. The molecule has 1 N–H and O–H groups in total. The van der Waals surface area contributed by atoms with Gasteiger partial charge < -0.3 is 33.4 Å². The van der Waals surface area contributed by atoms with Crippen molar-refractivity contribution in [3.8, 4) is 34.4 Å². The molecule has 0 unspecified atom stereocenters. The van der Waals surface area contributed by atoms with Crippen LogP contribution in [0.3, 0.4) is 0 Å². The Morgan fingerprint density at radius 2 is 1.47 bits per heavy atom. The molecule has 0 saturated heterocycles. The van der Waals surface area contributed by atoms with Crippen LogP contribution in [0.5, 0.6) is 28.7 Å². The summed E-state index contributed by atoms with van der Waals surface area (Å²) in [5.41, 5.74) is -0.247. The van der Waals surface area contributed by atoms with Crippen LogP contribution in [0, 0.1) is 0 Å². The van der Waals surface area contributed by atoms with Crippen molar-refractivity contribution < 1.29 is 33.6 Å². The van der Waals surface area contributed by atoms with Gasteiger partial charge in [0.1, 0.15) is 11.1 Å².